The van der Waals surface area contributed by atoms with Gasteiger partial charge in [-0.2, -0.15) is 0 Å². The monoisotopic (exact) mass is 209 g/mol. The van der Waals surface area contributed by atoms with Crippen molar-refractivity contribution in [1.82, 2.24) is 4.98 Å². The number of benzene rings is 1. The van der Waals surface area contributed by atoms with Crippen LogP contribution in [0.2, 0.25) is 0 Å². The zero-order valence-corrected chi connectivity index (χ0v) is 8.72. The summed E-state index contributed by atoms with van der Waals surface area (Å²) in [4.78, 5) is 4.29. The number of nitrogens with zero attached hydrogens (tertiary/aromatic N) is 1. The third-order valence-electron chi connectivity index (χ3n) is 2.85. The SMILES string of the molecule is OC1=C(c2ccccn2)c2ccccc2C1. The quantitative estimate of drug-likeness (QED) is 0.783. The molecule has 78 valence electrons. The number of aliphatic hydroxyl groups is 1. The average Bonchev–Trinajstić information content (AvgIpc) is 2.66. The molecule has 0 aliphatic heterocycles. The van der Waals surface area contributed by atoms with E-state index >= 15 is 0 Å². The summed E-state index contributed by atoms with van der Waals surface area (Å²) in [6.45, 7) is 0. The summed E-state index contributed by atoms with van der Waals surface area (Å²) in [5, 5.41) is 10.0. The van der Waals surface area contributed by atoms with E-state index in [4.69, 9.17) is 0 Å². The van der Waals surface area contributed by atoms with E-state index in [0.717, 1.165) is 16.8 Å². The molecular formula is C14H11NO. The largest absolute Gasteiger partial charge is 0.511 e. The van der Waals surface area contributed by atoms with Crippen LogP contribution in [-0.2, 0) is 6.42 Å². The first-order valence-electron chi connectivity index (χ1n) is 5.28. The lowest BCUT2D eigenvalue weighted by Gasteiger charge is -2.04. The van der Waals surface area contributed by atoms with Crippen LogP contribution in [-0.4, -0.2) is 10.1 Å². The first kappa shape index (κ1) is 9.16. The molecule has 1 aliphatic rings. The molecule has 0 saturated carbocycles. The fraction of sp³-hybridized carbons (Fsp3) is 0.0714. The Morgan fingerprint density at radius 1 is 1.00 bits per heavy atom. The maximum absolute atomic E-state index is 10.0. The highest BCUT2D eigenvalue weighted by atomic mass is 16.3. The van der Waals surface area contributed by atoms with Crippen LogP contribution in [0.5, 0.6) is 0 Å². The van der Waals surface area contributed by atoms with Gasteiger partial charge in [0.15, 0.2) is 0 Å². The van der Waals surface area contributed by atoms with Crippen LogP contribution >= 0.6 is 0 Å². The van der Waals surface area contributed by atoms with Crippen LogP contribution < -0.4 is 0 Å². The molecule has 0 bridgehead atoms. The minimum Gasteiger partial charge on any atom is -0.511 e. The van der Waals surface area contributed by atoms with Crippen molar-refractivity contribution in [2.75, 3.05) is 0 Å². The molecule has 2 nitrogen and oxygen atoms in total. The standard InChI is InChI=1S/C14H11NO/c16-13-9-10-5-1-2-6-11(10)14(13)12-7-3-4-8-15-12/h1-8,16H,9H2. The van der Waals surface area contributed by atoms with Gasteiger partial charge in [0, 0.05) is 18.2 Å². The second-order valence-electron chi connectivity index (χ2n) is 3.87. The Hall–Kier alpha value is -2.09. The zero-order valence-electron chi connectivity index (χ0n) is 8.72. The van der Waals surface area contributed by atoms with E-state index in [0.29, 0.717) is 12.2 Å². The predicted octanol–water partition coefficient (Wildman–Crippen LogP) is 2.96. The van der Waals surface area contributed by atoms with Gasteiger partial charge in [0.05, 0.1) is 5.69 Å². The van der Waals surface area contributed by atoms with Crippen LogP contribution in [0.1, 0.15) is 16.8 Å². The highest BCUT2D eigenvalue weighted by Crippen LogP contribution is 2.34. The lowest BCUT2D eigenvalue weighted by Crippen LogP contribution is -1.90. The van der Waals surface area contributed by atoms with Crippen LogP contribution in [0.4, 0.5) is 0 Å². The van der Waals surface area contributed by atoms with Crippen molar-refractivity contribution < 1.29 is 5.11 Å². The number of allylic oxidation sites excluding steroid dienone is 1. The Kier molecular flexibility index (Phi) is 2.00. The number of aromatic nitrogens is 1. The third kappa shape index (κ3) is 1.31. The molecule has 1 aromatic heterocycles. The third-order valence-corrected chi connectivity index (χ3v) is 2.85. The van der Waals surface area contributed by atoms with E-state index in [1.165, 1.54) is 5.56 Å². The second-order valence-corrected chi connectivity index (χ2v) is 3.87. The number of hydrogen-bond donors (Lipinski definition) is 1. The van der Waals surface area contributed by atoms with E-state index in [1.54, 1.807) is 6.20 Å². The summed E-state index contributed by atoms with van der Waals surface area (Å²) < 4.78 is 0. The van der Waals surface area contributed by atoms with Gasteiger partial charge in [-0.1, -0.05) is 30.3 Å². The van der Waals surface area contributed by atoms with Gasteiger partial charge in [0.1, 0.15) is 5.76 Å². The lowest BCUT2D eigenvalue weighted by atomic mass is 10.0. The van der Waals surface area contributed by atoms with E-state index in [2.05, 4.69) is 4.98 Å². The normalized spacial score (nSPS) is 14.0. The zero-order chi connectivity index (χ0) is 11.0. The van der Waals surface area contributed by atoms with Crippen molar-refractivity contribution in [2.45, 2.75) is 6.42 Å². The second kappa shape index (κ2) is 3.49. The topological polar surface area (TPSA) is 33.1 Å². The number of pyridine rings is 1. The number of hydrogen-bond acceptors (Lipinski definition) is 2. The molecule has 0 saturated heterocycles. The molecule has 16 heavy (non-hydrogen) atoms. The van der Waals surface area contributed by atoms with Gasteiger partial charge >= 0.3 is 0 Å². The average molecular weight is 209 g/mol. The molecule has 3 rings (SSSR count). The molecule has 0 amide bonds. The smallest absolute Gasteiger partial charge is 0.107 e. The minimum absolute atomic E-state index is 0.417. The highest BCUT2D eigenvalue weighted by molar-refractivity contribution is 5.84. The Morgan fingerprint density at radius 3 is 2.62 bits per heavy atom. The summed E-state index contributed by atoms with van der Waals surface area (Å²) in [7, 11) is 0. The van der Waals surface area contributed by atoms with Crippen molar-refractivity contribution in [3.8, 4) is 0 Å². The fourth-order valence-corrected chi connectivity index (χ4v) is 2.14. The minimum atomic E-state index is 0.417. The van der Waals surface area contributed by atoms with Crippen molar-refractivity contribution >= 4 is 5.57 Å². The number of aliphatic hydroxyl groups excluding tert-OH is 1. The van der Waals surface area contributed by atoms with Crippen LogP contribution in [0, 0.1) is 0 Å². The molecule has 1 heterocycles. The molecule has 0 atom stereocenters. The Labute approximate surface area is 93.9 Å². The summed E-state index contributed by atoms with van der Waals surface area (Å²) >= 11 is 0. The van der Waals surface area contributed by atoms with Crippen molar-refractivity contribution in [3.63, 3.8) is 0 Å². The van der Waals surface area contributed by atoms with Gasteiger partial charge < -0.3 is 5.11 Å². The van der Waals surface area contributed by atoms with Gasteiger partial charge in [-0.05, 0) is 23.3 Å². The molecule has 1 N–H and O–H groups in total. The molecule has 2 heteroatoms. The summed E-state index contributed by atoms with van der Waals surface area (Å²) in [6.07, 6.45) is 2.36. The van der Waals surface area contributed by atoms with E-state index < -0.39 is 0 Å². The van der Waals surface area contributed by atoms with Crippen molar-refractivity contribution in [1.29, 1.82) is 0 Å². The fourth-order valence-electron chi connectivity index (χ4n) is 2.14. The molecule has 1 aliphatic carbocycles. The van der Waals surface area contributed by atoms with Crippen molar-refractivity contribution in [2.24, 2.45) is 0 Å². The predicted molar refractivity (Wildman–Crippen MR) is 63.0 cm³/mol. The summed E-state index contributed by atoms with van der Waals surface area (Å²) in [5.41, 5.74) is 3.97. The Balaban J connectivity index is 2.19. The first-order chi connectivity index (χ1) is 7.86. The number of fused-ring (bicyclic) bond motifs is 1. The summed E-state index contributed by atoms with van der Waals surface area (Å²) in [6, 6.07) is 13.8. The Bertz CT molecular complexity index is 558. The molecule has 0 spiro atoms. The molecular weight excluding hydrogens is 198 g/mol. The van der Waals surface area contributed by atoms with Gasteiger partial charge in [0.2, 0.25) is 0 Å². The molecule has 0 radical (unpaired) electrons. The van der Waals surface area contributed by atoms with E-state index in [-0.39, 0.29) is 0 Å². The number of rotatable bonds is 1. The summed E-state index contributed by atoms with van der Waals surface area (Å²) in [5.74, 6) is 0.417. The van der Waals surface area contributed by atoms with Crippen molar-refractivity contribution in [3.05, 3.63) is 71.2 Å². The van der Waals surface area contributed by atoms with Gasteiger partial charge in [-0.15, -0.1) is 0 Å². The molecule has 2 aromatic rings. The van der Waals surface area contributed by atoms with Crippen LogP contribution in [0.15, 0.2) is 54.4 Å². The lowest BCUT2D eigenvalue weighted by molar-refractivity contribution is 0.405. The molecule has 0 unspecified atom stereocenters. The van der Waals surface area contributed by atoms with Gasteiger partial charge in [0.25, 0.3) is 0 Å². The molecule has 1 aromatic carbocycles. The van der Waals surface area contributed by atoms with Crippen LogP contribution in [0.25, 0.3) is 5.57 Å². The van der Waals surface area contributed by atoms with Gasteiger partial charge in [-0.25, -0.2) is 0 Å². The maximum Gasteiger partial charge on any atom is 0.107 e. The maximum atomic E-state index is 10.0. The molecule has 0 fully saturated rings. The first-order valence-corrected chi connectivity index (χ1v) is 5.28. The van der Waals surface area contributed by atoms with Gasteiger partial charge in [-0.3, -0.25) is 4.98 Å². The highest BCUT2D eigenvalue weighted by Gasteiger charge is 2.22. The van der Waals surface area contributed by atoms with Crippen LogP contribution in [0.3, 0.4) is 0 Å². The van der Waals surface area contributed by atoms with E-state index in [1.807, 2.05) is 42.5 Å². The van der Waals surface area contributed by atoms with E-state index in [9.17, 15) is 5.11 Å². The Morgan fingerprint density at radius 2 is 1.81 bits per heavy atom.